The largest absolute Gasteiger partial charge is 0.478 e. The third kappa shape index (κ3) is 2.35. The Labute approximate surface area is 128 Å². The van der Waals surface area contributed by atoms with Crippen molar-refractivity contribution in [2.24, 2.45) is 5.92 Å². The third-order valence-corrected chi connectivity index (χ3v) is 6.76. The number of nitrogens with zero attached hydrogens (tertiary/aromatic N) is 1. The zero-order chi connectivity index (χ0) is 15.4. The van der Waals surface area contributed by atoms with E-state index in [-0.39, 0.29) is 27.1 Å². The zero-order valence-electron chi connectivity index (χ0n) is 11.5. The van der Waals surface area contributed by atoms with Gasteiger partial charge in [-0.1, -0.05) is 11.6 Å². The number of hydrogen-bond donors (Lipinski definition) is 1. The molecule has 0 radical (unpaired) electrons. The summed E-state index contributed by atoms with van der Waals surface area (Å²) < 4.78 is 27.2. The van der Waals surface area contributed by atoms with Crippen LogP contribution in [0, 0.1) is 12.8 Å². The van der Waals surface area contributed by atoms with Gasteiger partial charge in [0.2, 0.25) is 10.0 Å². The van der Waals surface area contributed by atoms with Crippen molar-refractivity contribution in [1.29, 1.82) is 0 Å². The van der Waals surface area contributed by atoms with Crippen molar-refractivity contribution in [3.05, 3.63) is 28.3 Å². The number of carbonyl (C=O) groups is 1. The highest BCUT2D eigenvalue weighted by Gasteiger charge is 2.44. The molecule has 2 atom stereocenters. The van der Waals surface area contributed by atoms with Gasteiger partial charge >= 0.3 is 5.97 Å². The standard InChI is InChI=1S/C14H16ClNO4S/c1-8-12(14(17)18)5-10(15)6-13(8)21(19,20)16-7-9-2-3-11(16)4-9/h5-6,9,11H,2-4,7H2,1H3,(H,17,18). The van der Waals surface area contributed by atoms with E-state index in [2.05, 4.69) is 0 Å². The SMILES string of the molecule is Cc1c(C(=O)O)cc(Cl)cc1S(=O)(=O)N1CC2CCC1C2. The van der Waals surface area contributed by atoms with Gasteiger partial charge in [0.05, 0.1) is 10.5 Å². The number of benzene rings is 1. The van der Waals surface area contributed by atoms with Gasteiger partial charge < -0.3 is 5.11 Å². The summed E-state index contributed by atoms with van der Waals surface area (Å²) in [5.74, 6) is -0.738. The Hall–Kier alpha value is -1.11. The molecule has 1 aliphatic carbocycles. The molecule has 2 unspecified atom stereocenters. The fraction of sp³-hybridized carbons (Fsp3) is 0.500. The van der Waals surface area contributed by atoms with E-state index in [0.29, 0.717) is 12.5 Å². The lowest BCUT2D eigenvalue weighted by Crippen LogP contribution is -2.38. The van der Waals surface area contributed by atoms with E-state index in [1.807, 2.05) is 0 Å². The van der Waals surface area contributed by atoms with Crippen molar-refractivity contribution in [2.45, 2.75) is 37.1 Å². The molecule has 1 saturated heterocycles. The number of carboxylic acids is 1. The highest BCUT2D eigenvalue weighted by Crippen LogP contribution is 2.41. The van der Waals surface area contributed by atoms with E-state index in [1.165, 1.54) is 23.4 Å². The van der Waals surface area contributed by atoms with Crippen molar-refractivity contribution in [1.82, 2.24) is 4.31 Å². The molecule has 2 aliphatic rings. The first-order valence-electron chi connectivity index (χ1n) is 6.86. The maximum absolute atomic E-state index is 12.8. The molecular formula is C14H16ClNO4S. The van der Waals surface area contributed by atoms with E-state index < -0.39 is 16.0 Å². The molecule has 3 rings (SSSR count). The van der Waals surface area contributed by atoms with Crippen LogP contribution in [-0.4, -0.2) is 36.4 Å². The molecular weight excluding hydrogens is 314 g/mol. The summed E-state index contributed by atoms with van der Waals surface area (Å²) in [7, 11) is -3.69. The number of hydrogen-bond acceptors (Lipinski definition) is 3. The average Bonchev–Trinajstić information content (AvgIpc) is 3.03. The molecule has 1 aliphatic heterocycles. The average molecular weight is 330 g/mol. The van der Waals surface area contributed by atoms with Gasteiger partial charge in [-0.3, -0.25) is 0 Å². The molecule has 1 aromatic rings. The van der Waals surface area contributed by atoms with Gasteiger partial charge in [0.15, 0.2) is 0 Å². The van der Waals surface area contributed by atoms with Crippen LogP contribution in [0.3, 0.4) is 0 Å². The number of carboxylic acid groups (broad SMARTS) is 1. The van der Waals surface area contributed by atoms with Gasteiger partial charge in [-0.05, 0) is 49.8 Å². The summed E-state index contributed by atoms with van der Waals surface area (Å²) >= 11 is 5.91. The monoisotopic (exact) mass is 329 g/mol. The molecule has 0 spiro atoms. The third-order valence-electron chi connectivity index (χ3n) is 4.50. The van der Waals surface area contributed by atoms with Crippen molar-refractivity contribution in [3.8, 4) is 0 Å². The van der Waals surface area contributed by atoms with Crippen molar-refractivity contribution in [3.63, 3.8) is 0 Å². The van der Waals surface area contributed by atoms with Crippen LogP contribution in [0.25, 0.3) is 0 Å². The van der Waals surface area contributed by atoms with Gasteiger partial charge in [-0.2, -0.15) is 4.31 Å². The van der Waals surface area contributed by atoms with Gasteiger partial charge in [0.25, 0.3) is 0 Å². The Morgan fingerprint density at radius 2 is 2.10 bits per heavy atom. The van der Waals surface area contributed by atoms with Crippen molar-refractivity contribution >= 4 is 27.6 Å². The second kappa shape index (κ2) is 4.97. The summed E-state index contributed by atoms with van der Waals surface area (Å²) in [6, 6.07) is 2.69. The minimum atomic E-state index is -3.69. The number of rotatable bonds is 3. The molecule has 1 N–H and O–H groups in total. The van der Waals surface area contributed by atoms with E-state index >= 15 is 0 Å². The molecule has 114 valence electrons. The maximum Gasteiger partial charge on any atom is 0.336 e. The fourth-order valence-electron chi connectivity index (χ4n) is 3.44. The molecule has 21 heavy (non-hydrogen) atoms. The summed E-state index contributed by atoms with van der Waals surface area (Å²) in [5.41, 5.74) is 0.181. The van der Waals surface area contributed by atoms with E-state index in [0.717, 1.165) is 19.3 Å². The number of piperidine rings is 1. The van der Waals surface area contributed by atoms with Crippen LogP contribution in [0.4, 0.5) is 0 Å². The first-order chi connectivity index (χ1) is 9.80. The van der Waals surface area contributed by atoms with Gasteiger partial charge in [0.1, 0.15) is 0 Å². The van der Waals surface area contributed by atoms with Crippen LogP contribution in [0.2, 0.25) is 5.02 Å². The van der Waals surface area contributed by atoms with E-state index in [1.54, 1.807) is 0 Å². The second-order valence-electron chi connectivity index (χ2n) is 5.79. The number of halogens is 1. The highest BCUT2D eigenvalue weighted by molar-refractivity contribution is 7.89. The predicted molar refractivity (Wildman–Crippen MR) is 78.2 cm³/mol. The number of aromatic carboxylic acids is 1. The second-order valence-corrected chi connectivity index (χ2v) is 8.08. The predicted octanol–water partition coefficient (Wildman–Crippen LogP) is 2.52. The first-order valence-corrected chi connectivity index (χ1v) is 8.68. The smallest absolute Gasteiger partial charge is 0.336 e. The van der Waals surface area contributed by atoms with Crippen molar-refractivity contribution in [2.75, 3.05) is 6.54 Å². The van der Waals surface area contributed by atoms with Crippen LogP contribution in [-0.2, 0) is 10.0 Å². The zero-order valence-corrected chi connectivity index (χ0v) is 13.1. The van der Waals surface area contributed by atoms with Crippen LogP contribution >= 0.6 is 11.6 Å². The van der Waals surface area contributed by atoms with Crippen LogP contribution in [0.1, 0.15) is 35.2 Å². The molecule has 2 bridgehead atoms. The molecule has 1 heterocycles. The lowest BCUT2D eigenvalue weighted by atomic mass is 10.1. The Bertz CT molecular complexity index is 716. The normalized spacial score (nSPS) is 25.4. The quantitative estimate of drug-likeness (QED) is 0.924. The molecule has 0 aromatic heterocycles. The van der Waals surface area contributed by atoms with Crippen LogP contribution in [0.5, 0.6) is 0 Å². The Balaban J connectivity index is 2.09. The van der Waals surface area contributed by atoms with Gasteiger partial charge in [-0.15, -0.1) is 0 Å². The molecule has 1 saturated carbocycles. The number of fused-ring (bicyclic) bond motifs is 2. The summed E-state index contributed by atoms with van der Waals surface area (Å²) in [5, 5.41) is 9.31. The summed E-state index contributed by atoms with van der Waals surface area (Å²) in [4.78, 5) is 11.2. The summed E-state index contributed by atoms with van der Waals surface area (Å²) in [6.07, 6.45) is 2.87. The molecule has 5 nitrogen and oxygen atoms in total. The van der Waals surface area contributed by atoms with Crippen molar-refractivity contribution < 1.29 is 18.3 Å². The molecule has 7 heteroatoms. The molecule has 1 aromatic carbocycles. The molecule has 0 amide bonds. The Morgan fingerprint density at radius 3 is 2.62 bits per heavy atom. The topological polar surface area (TPSA) is 74.7 Å². The lowest BCUT2D eigenvalue weighted by molar-refractivity contribution is 0.0696. The Morgan fingerprint density at radius 1 is 1.38 bits per heavy atom. The fourth-order valence-corrected chi connectivity index (χ4v) is 5.74. The van der Waals surface area contributed by atoms with Crippen LogP contribution in [0.15, 0.2) is 17.0 Å². The van der Waals surface area contributed by atoms with E-state index in [4.69, 9.17) is 11.6 Å². The number of sulfonamides is 1. The summed E-state index contributed by atoms with van der Waals surface area (Å²) in [6.45, 7) is 2.04. The Kier molecular flexibility index (Phi) is 3.50. The first kappa shape index (κ1) is 14.8. The van der Waals surface area contributed by atoms with Gasteiger partial charge in [0, 0.05) is 17.6 Å². The molecule has 2 fully saturated rings. The van der Waals surface area contributed by atoms with Gasteiger partial charge in [-0.25, -0.2) is 13.2 Å². The minimum absolute atomic E-state index is 0.0138. The minimum Gasteiger partial charge on any atom is -0.478 e. The van der Waals surface area contributed by atoms with E-state index in [9.17, 15) is 18.3 Å². The highest BCUT2D eigenvalue weighted by atomic mass is 35.5. The lowest BCUT2D eigenvalue weighted by Gasteiger charge is -2.27. The maximum atomic E-state index is 12.8. The van der Waals surface area contributed by atoms with Crippen LogP contribution < -0.4 is 0 Å².